The first-order valence-electron chi connectivity index (χ1n) is 9.33. The van der Waals surface area contributed by atoms with Gasteiger partial charge in [-0.2, -0.15) is 5.10 Å². The van der Waals surface area contributed by atoms with E-state index < -0.39 is 12.4 Å². The second-order valence-electron chi connectivity index (χ2n) is 6.59. The number of aryl methyl sites for hydroxylation is 2. The standard InChI is InChI=1S/C21H22N4O3/c26-20(18-10-15-27-21(28-18)17-4-2-1-3-5-17)23-19-9-14-25(24-19)13-8-16-6-11-22-12-7-16/h1-7,9,11-12,14,18,21H,8,10,13,15H2,(H,23,24,26). The van der Waals surface area contributed by atoms with Crippen LogP contribution >= 0.6 is 0 Å². The van der Waals surface area contributed by atoms with Crippen LogP contribution in [0.1, 0.15) is 23.8 Å². The summed E-state index contributed by atoms with van der Waals surface area (Å²) < 4.78 is 13.3. The lowest BCUT2D eigenvalue weighted by Crippen LogP contribution is -2.37. The van der Waals surface area contributed by atoms with Crippen molar-refractivity contribution < 1.29 is 14.3 Å². The molecule has 7 heteroatoms. The highest BCUT2D eigenvalue weighted by Crippen LogP contribution is 2.26. The molecule has 1 aromatic carbocycles. The van der Waals surface area contributed by atoms with Crippen molar-refractivity contribution in [2.24, 2.45) is 0 Å². The van der Waals surface area contributed by atoms with Crippen molar-refractivity contribution in [3.8, 4) is 0 Å². The molecule has 0 bridgehead atoms. The topological polar surface area (TPSA) is 78.3 Å². The number of anilines is 1. The monoisotopic (exact) mass is 378 g/mol. The van der Waals surface area contributed by atoms with Gasteiger partial charge in [0.1, 0.15) is 6.10 Å². The summed E-state index contributed by atoms with van der Waals surface area (Å²) in [5.74, 6) is 0.315. The fourth-order valence-corrected chi connectivity index (χ4v) is 3.07. The molecule has 1 amide bonds. The molecule has 3 aromatic rings. The van der Waals surface area contributed by atoms with Crippen LogP contribution in [0.5, 0.6) is 0 Å². The van der Waals surface area contributed by atoms with Crippen LogP contribution < -0.4 is 5.32 Å². The number of pyridine rings is 1. The minimum atomic E-state index is -0.569. The summed E-state index contributed by atoms with van der Waals surface area (Å²) in [6.45, 7) is 1.20. The van der Waals surface area contributed by atoms with Gasteiger partial charge < -0.3 is 14.8 Å². The van der Waals surface area contributed by atoms with Crippen LogP contribution in [0.15, 0.2) is 67.1 Å². The molecule has 1 aliphatic rings. The molecule has 1 aliphatic heterocycles. The van der Waals surface area contributed by atoms with Gasteiger partial charge in [-0.25, -0.2) is 0 Å². The zero-order valence-corrected chi connectivity index (χ0v) is 15.4. The van der Waals surface area contributed by atoms with Crippen LogP contribution in [-0.2, 0) is 27.2 Å². The molecule has 28 heavy (non-hydrogen) atoms. The van der Waals surface area contributed by atoms with E-state index in [0.717, 1.165) is 18.5 Å². The molecule has 2 aromatic heterocycles. The molecule has 3 heterocycles. The first kappa shape index (κ1) is 18.3. The Labute approximate surface area is 163 Å². The molecule has 4 rings (SSSR count). The molecule has 2 unspecified atom stereocenters. The van der Waals surface area contributed by atoms with Gasteiger partial charge in [-0.15, -0.1) is 0 Å². The Morgan fingerprint density at radius 3 is 2.79 bits per heavy atom. The summed E-state index contributed by atoms with van der Waals surface area (Å²) in [5.41, 5.74) is 2.10. The second kappa shape index (κ2) is 8.77. The average molecular weight is 378 g/mol. The average Bonchev–Trinajstić information content (AvgIpc) is 3.21. The Morgan fingerprint density at radius 2 is 1.96 bits per heavy atom. The quantitative estimate of drug-likeness (QED) is 0.713. The largest absolute Gasteiger partial charge is 0.348 e. The summed E-state index contributed by atoms with van der Waals surface area (Å²) in [6, 6.07) is 15.4. The number of amides is 1. The van der Waals surface area contributed by atoms with Crippen LogP contribution in [0.2, 0.25) is 0 Å². The third-order valence-corrected chi connectivity index (χ3v) is 4.57. The van der Waals surface area contributed by atoms with Crippen LogP contribution in [-0.4, -0.2) is 33.4 Å². The molecule has 144 valence electrons. The molecule has 7 nitrogen and oxygen atoms in total. The van der Waals surface area contributed by atoms with Crippen LogP contribution in [0.4, 0.5) is 5.82 Å². The van der Waals surface area contributed by atoms with Gasteiger partial charge in [0.15, 0.2) is 12.1 Å². The highest BCUT2D eigenvalue weighted by atomic mass is 16.7. The zero-order valence-electron chi connectivity index (χ0n) is 15.4. The number of nitrogens with one attached hydrogen (secondary N) is 1. The zero-order chi connectivity index (χ0) is 19.2. The van der Waals surface area contributed by atoms with E-state index in [1.54, 1.807) is 18.5 Å². The third kappa shape index (κ3) is 4.62. The van der Waals surface area contributed by atoms with E-state index in [-0.39, 0.29) is 5.91 Å². The van der Waals surface area contributed by atoms with Gasteiger partial charge in [-0.05, 0) is 24.1 Å². The number of benzene rings is 1. The predicted molar refractivity (Wildman–Crippen MR) is 103 cm³/mol. The van der Waals surface area contributed by atoms with Gasteiger partial charge in [-0.3, -0.25) is 14.5 Å². The van der Waals surface area contributed by atoms with Crippen LogP contribution in [0.3, 0.4) is 0 Å². The van der Waals surface area contributed by atoms with E-state index in [4.69, 9.17) is 9.47 Å². The fraction of sp³-hybridized carbons (Fsp3) is 0.286. The number of nitrogens with zero attached hydrogens (tertiary/aromatic N) is 3. The fourth-order valence-electron chi connectivity index (χ4n) is 3.07. The van der Waals surface area contributed by atoms with Gasteiger partial charge in [0.25, 0.3) is 5.91 Å². The van der Waals surface area contributed by atoms with Crippen LogP contribution in [0, 0.1) is 0 Å². The minimum absolute atomic E-state index is 0.205. The molecule has 0 radical (unpaired) electrons. The number of hydrogen-bond acceptors (Lipinski definition) is 5. The first-order chi connectivity index (χ1) is 13.8. The molecule has 0 spiro atoms. The molecule has 1 fully saturated rings. The van der Waals surface area contributed by atoms with E-state index in [9.17, 15) is 4.79 Å². The summed E-state index contributed by atoms with van der Waals surface area (Å²) in [5, 5.41) is 7.26. The van der Waals surface area contributed by atoms with Crippen molar-refractivity contribution in [3.05, 3.63) is 78.2 Å². The lowest BCUT2D eigenvalue weighted by atomic mass is 10.1. The number of carbonyl (C=O) groups is 1. The molecule has 0 saturated carbocycles. The lowest BCUT2D eigenvalue weighted by Gasteiger charge is -2.29. The Hall–Kier alpha value is -3.03. The number of hydrogen-bond donors (Lipinski definition) is 1. The normalized spacial score (nSPS) is 19.3. The summed E-state index contributed by atoms with van der Waals surface area (Å²) in [6.07, 6.45) is 5.68. The maximum Gasteiger partial charge on any atom is 0.254 e. The first-order valence-corrected chi connectivity index (χ1v) is 9.33. The Bertz CT molecular complexity index is 898. The third-order valence-electron chi connectivity index (χ3n) is 4.57. The molecule has 1 saturated heterocycles. The Kier molecular flexibility index (Phi) is 5.75. The maximum atomic E-state index is 12.6. The van der Waals surface area contributed by atoms with Gasteiger partial charge in [-0.1, -0.05) is 30.3 Å². The van der Waals surface area contributed by atoms with E-state index in [2.05, 4.69) is 15.4 Å². The van der Waals surface area contributed by atoms with E-state index >= 15 is 0 Å². The Morgan fingerprint density at radius 1 is 1.14 bits per heavy atom. The van der Waals surface area contributed by atoms with Crippen molar-refractivity contribution in [2.45, 2.75) is 31.8 Å². The van der Waals surface area contributed by atoms with Crippen molar-refractivity contribution in [1.82, 2.24) is 14.8 Å². The summed E-state index contributed by atoms with van der Waals surface area (Å²) in [4.78, 5) is 16.6. The second-order valence-corrected chi connectivity index (χ2v) is 6.59. The molecule has 0 aliphatic carbocycles. The van der Waals surface area contributed by atoms with Crippen molar-refractivity contribution in [2.75, 3.05) is 11.9 Å². The van der Waals surface area contributed by atoms with E-state index in [1.165, 1.54) is 5.56 Å². The lowest BCUT2D eigenvalue weighted by molar-refractivity contribution is -0.214. The van der Waals surface area contributed by atoms with Gasteiger partial charge >= 0.3 is 0 Å². The maximum absolute atomic E-state index is 12.6. The van der Waals surface area contributed by atoms with E-state index in [0.29, 0.717) is 18.8 Å². The number of carbonyl (C=O) groups excluding carboxylic acids is 1. The summed E-state index contributed by atoms with van der Waals surface area (Å²) in [7, 11) is 0. The molecule has 2 atom stereocenters. The number of rotatable bonds is 6. The van der Waals surface area contributed by atoms with Crippen LogP contribution in [0.25, 0.3) is 0 Å². The summed E-state index contributed by atoms with van der Waals surface area (Å²) >= 11 is 0. The minimum Gasteiger partial charge on any atom is -0.348 e. The van der Waals surface area contributed by atoms with Crippen molar-refractivity contribution >= 4 is 11.7 Å². The number of aromatic nitrogens is 3. The SMILES string of the molecule is O=C(Nc1ccn(CCc2ccncc2)n1)C1CCOC(c2ccccc2)O1. The molecule has 1 N–H and O–H groups in total. The van der Waals surface area contributed by atoms with Crippen molar-refractivity contribution in [3.63, 3.8) is 0 Å². The smallest absolute Gasteiger partial charge is 0.254 e. The molecular formula is C21H22N4O3. The molecular weight excluding hydrogens is 356 g/mol. The van der Waals surface area contributed by atoms with Gasteiger partial charge in [0, 0.05) is 43.2 Å². The van der Waals surface area contributed by atoms with E-state index in [1.807, 2.05) is 53.3 Å². The number of ether oxygens (including phenoxy) is 2. The van der Waals surface area contributed by atoms with Gasteiger partial charge in [0.05, 0.1) is 6.61 Å². The highest BCUT2D eigenvalue weighted by molar-refractivity contribution is 5.93. The predicted octanol–water partition coefficient (Wildman–Crippen LogP) is 2.96. The highest BCUT2D eigenvalue weighted by Gasteiger charge is 2.29. The van der Waals surface area contributed by atoms with Crippen molar-refractivity contribution in [1.29, 1.82) is 0 Å². The van der Waals surface area contributed by atoms with Gasteiger partial charge in [0.2, 0.25) is 0 Å². The Balaban J connectivity index is 1.31.